The molecule has 0 bridgehead atoms. The largest absolute Gasteiger partial charge is 0.378 e. The lowest BCUT2D eigenvalue weighted by Gasteiger charge is -2.30. The predicted molar refractivity (Wildman–Crippen MR) is 84.1 cm³/mol. The lowest BCUT2D eigenvalue weighted by molar-refractivity contribution is -0.00913. The van der Waals surface area contributed by atoms with E-state index in [1.165, 1.54) is 12.8 Å². The Bertz CT molecular complexity index is 527. The second-order valence-electron chi connectivity index (χ2n) is 6.82. The number of carbonyl (C=O) groups excluding carboxylic acids is 1. The first-order valence-corrected chi connectivity index (χ1v) is 8.60. The number of nitrogens with zero attached hydrogens (tertiary/aromatic N) is 2. The summed E-state index contributed by atoms with van der Waals surface area (Å²) in [6.07, 6.45) is 5.24. The molecule has 2 atom stereocenters. The molecule has 1 aromatic rings. The summed E-state index contributed by atoms with van der Waals surface area (Å²) in [6, 6.07) is 0.0837. The second kappa shape index (κ2) is 7.29. The second-order valence-corrected chi connectivity index (χ2v) is 6.82. The van der Waals surface area contributed by atoms with Crippen molar-refractivity contribution in [3.05, 3.63) is 11.7 Å². The smallest absolute Gasteiger partial charge is 0.315 e. The average Bonchev–Trinajstić information content (AvgIpc) is 3.26. The van der Waals surface area contributed by atoms with Gasteiger partial charge in [-0.3, -0.25) is 0 Å². The number of aromatic nitrogens is 2. The highest BCUT2D eigenvalue weighted by Crippen LogP contribution is 2.38. The van der Waals surface area contributed by atoms with Crippen LogP contribution in [-0.4, -0.2) is 41.5 Å². The third-order valence-electron chi connectivity index (χ3n) is 4.42. The molecule has 2 heterocycles. The van der Waals surface area contributed by atoms with Crippen molar-refractivity contribution < 1.29 is 14.1 Å². The van der Waals surface area contributed by atoms with Crippen LogP contribution in [0.3, 0.4) is 0 Å². The molecule has 3 rings (SSSR count). The molecule has 2 aliphatic rings. The molecule has 0 radical (unpaired) electrons. The van der Waals surface area contributed by atoms with Gasteiger partial charge in [0.25, 0.3) is 0 Å². The fourth-order valence-electron chi connectivity index (χ4n) is 2.88. The summed E-state index contributed by atoms with van der Waals surface area (Å²) in [6.45, 7) is 5.26. The molecule has 7 heteroatoms. The minimum Gasteiger partial charge on any atom is -0.378 e. The van der Waals surface area contributed by atoms with Gasteiger partial charge in [0.2, 0.25) is 5.89 Å². The molecule has 1 saturated heterocycles. The fourth-order valence-corrected chi connectivity index (χ4v) is 2.88. The molecule has 7 nitrogen and oxygen atoms in total. The molecule has 1 aliphatic heterocycles. The number of nitrogens with one attached hydrogen (secondary N) is 2. The minimum atomic E-state index is -0.130. The first-order chi connectivity index (χ1) is 11.1. The van der Waals surface area contributed by atoms with Crippen molar-refractivity contribution in [2.75, 3.05) is 13.2 Å². The number of carbonyl (C=O) groups is 1. The van der Waals surface area contributed by atoms with Crippen LogP contribution in [0.5, 0.6) is 0 Å². The Morgan fingerprint density at radius 2 is 2.17 bits per heavy atom. The van der Waals surface area contributed by atoms with Gasteiger partial charge >= 0.3 is 6.03 Å². The number of urea groups is 1. The van der Waals surface area contributed by atoms with Gasteiger partial charge in [0.15, 0.2) is 5.82 Å². The maximum atomic E-state index is 12.0. The zero-order valence-electron chi connectivity index (χ0n) is 13.9. The summed E-state index contributed by atoms with van der Waals surface area (Å²) in [5.41, 5.74) is 0. The summed E-state index contributed by atoms with van der Waals surface area (Å²) in [4.78, 5) is 16.3. The van der Waals surface area contributed by atoms with Crippen molar-refractivity contribution >= 4 is 6.03 Å². The summed E-state index contributed by atoms with van der Waals surface area (Å²) in [5.74, 6) is 2.23. The molecular weight excluding hydrogens is 296 g/mol. The lowest BCUT2D eigenvalue weighted by Crippen LogP contribution is -2.47. The van der Waals surface area contributed by atoms with Crippen LogP contribution < -0.4 is 10.6 Å². The molecule has 128 valence electrons. The van der Waals surface area contributed by atoms with E-state index in [0.29, 0.717) is 30.8 Å². The highest BCUT2D eigenvalue weighted by atomic mass is 16.5. The number of ether oxygens (including phenoxy) is 1. The van der Waals surface area contributed by atoms with E-state index in [9.17, 15) is 4.79 Å². The van der Waals surface area contributed by atoms with E-state index in [4.69, 9.17) is 9.26 Å². The van der Waals surface area contributed by atoms with Gasteiger partial charge in [-0.05, 0) is 31.6 Å². The van der Waals surface area contributed by atoms with Crippen LogP contribution in [-0.2, 0) is 11.2 Å². The molecule has 23 heavy (non-hydrogen) atoms. The van der Waals surface area contributed by atoms with Crippen molar-refractivity contribution in [3.63, 3.8) is 0 Å². The predicted octanol–water partition coefficient (Wildman–Crippen LogP) is 1.99. The van der Waals surface area contributed by atoms with Gasteiger partial charge in [-0.15, -0.1) is 0 Å². The number of amides is 2. The molecular formula is C16H26N4O3. The monoisotopic (exact) mass is 322 g/mol. The Balaban J connectivity index is 1.35. The SMILES string of the molecule is CC(C)c1noc(CCNC(=O)N[C@H]2CCO[C@H](C3CC3)C2)n1. The van der Waals surface area contributed by atoms with E-state index in [1.54, 1.807) is 0 Å². The van der Waals surface area contributed by atoms with Crippen molar-refractivity contribution in [2.45, 2.75) is 64.0 Å². The van der Waals surface area contributed by atoms with E-state index in [-0.39, 0.29) is 18.0 Å². The van der Waals surface area contributed by atoms with Crippen molar-refractivity contribution in [1.82, 2.24) is 20.8 Å². The van der Waals surface area contributed by atoms with E-state index in [2.05, 4.69) is 20.8 Å². The van der Waals surface area contributed by atoms with Crippen LogP contribution in [0.4, 0.5) is 4.79 Å². The Labute approximate surface area is 136 Å². The van der Waals surface area contributed by atoms with Gasteiger partial charge in [-0.25, -0.2) is 4.79 Å². The first kappa shape index (κ1) is 16.2. The van der Waals surface area contributed by atoms with Crippen LogP contribution >= 0.6 is 0 Å². The van der Waals surface area contributed by atoms with Gasteiger partial charge in [0.05, 0.1) is 6.10 Å². The minimum absolute atomic E-state index is 0.130. The van der Waals surface area contributed by atoms with Crippen molar-refractivity contribution in [1.29, 1.82) is 0 Å². The maximum Gasteiger partial charge on any atom is 0.315 e. The van der Waals surface area contributed by atoms with Crippen LogP contribution in [0.2, 0.25) is 0 Å². The zero-order chi connectivity index (χ0) is 16.2. The average molecular weight is 322 g/mol. The number of rotatable bonds is 6. The topological polar surface area (TPSA) is 89.3 Å². The van der Waals surface area contributed by atoms with Gasteiger partial charge in [-0.2, -0.15) is 4.98 Å². The Morgan fingerprint density at radius 3 is 2.87 bits per heavy atom. The Hall–Kier alpha value is -1.63. The third kappa shape index (κ3) is 4.67. The van der Waals surface area contributed by atoms with Gasteiger partial charge in [0, 0.05) is 31.5 Å². The molecule has 1 saturated carbocycles. The maximum absolute atomic E-state index is 12.0. The van der Waals surface area contributed by atoms with Crippen molar-refractivity contribution in [2.24, 2.45) is 5.92 Å². The fraction of sp³-hybridized carbons (Fsp3) is 0.812. The van der Waals surface area contributed by atoms with E-state index in [1.807, 2.05) is 13.8 Å². The van der Waals surface area contributed by atoms with Gasteiger partial charge in [0.1, 0.15) is 0 Å². The molecule has 0 unspecified atom stereocenters. The summed E-state index contributed by atoms with van der Waals surface area (Å²) >= 11 is 0. The Kier molecular flexibility index (Phi) is 5.15. The molecule has 2 amide bonds. The van der Waals surface area contributed by atoms with E-state index in [0.717, 1.165) is 25.4 Å². The molecule has 2 N–H and O–H groups in total. The number of hydrogen-bond donors (Lipinski definition) is 2. The lowest BCUT2D eigenvalue weighted by atomic mass is 10.0. The molecule has 1 aromatic heterocycles. The van der Waals surface area contributed by atoms with Crippen molar-refractivity contribution in [3.8, 4) is 0 Å². The van der Waals surface area contributed by atoms with Gasteiger partial charge in [-0.1, -0.05) is 19.0 Å². The summed E-state index contributed by atoms with van der Waals surface area (Å²) < 4.78 is 10.9. The normalized spacial score (nSPS) is 24.7. The summed E-state index contributed by atoms with van der Waals surface area (Å²) in [7, 11) is 0. The standard InChI is InChI=1S/C16H26N4O3/c1-10(2)15-19-14(23-20-15)5-7-17-16(21)18-12-6-8-22-13(9-12)11-3-4-11/h10-13H,3-9H2,1-2H3,(H2,17,18,21)/t12-,13-/m0/s1. The van der Waals surface area contributed by atoms with Gasteiger partial charge < -0.3 is 19.9 Å². The Morgan fingerprint density at radius 1 is 1.35 bits per heavy atom. The summed E-state index contributed by atoms with van der Waals surface area (Å²) in [5, 5.41) is 9.81. The van der Waals surface area contributed by atoms with Crippen LogP contribution in [0.25, 0.3) is 0 Å². The molecule has 1 aliphatic carbocycles. The van der Waals surface area contributed by atoms with Crippen LogP contribution in [0, 0.1) is 5.92 Å². The first-order valence-electron chi connectivity index (χ1n) is 8.60. The zero-order valence-corrected chi connectivity index (χ0v) is 13.9. The molecule has 0 spiro atoms. The van der Waals surface area contributed by atoms with E-state index >= 15 is 0 Å². The van der Waals surface area contributed by atoms with Crippen LogP contribution in [0.15, 0.2) is 4.52 Å². The molecule has 2 fully saturated rings. The highest BCUT2D eigenvalue weighted by molar-refractivity contribution is 5.74. The molecule has 0 aromatic carbocycles. The highest BCUT2D eigenvalue weighted by Gasteiger charge is 2.36. The van der Waals surface area contributed by atoms with E-state index < -0.39 is 0 Å². The third-order valence-corrected chi connectivity index (χ3v) is 4.42. The quantitative estimate of drug-likeness (QED) is 0.836. The van der Waals surface area contributed by atoms with Crippen LogP contribution in [0.1, 0.15) is 57.2 Å². The number of hydrogen-bond acceptors (Lipinski definition) is 5.